The van der Waals surface area contributed by atoms with E-state index in [1.165, 1.54) is 56.6 Å². The Kier molecular flexibility index (Phi) is 8.06. The lowest BCUT2D eigenvalue weighted by Gasteiger charge is -2.40. The van der Waals surface area contributed by atoms with Gasteiger partial charge in [-0.25, -0.2) is 0 Å². The van der Waals surface area contributed by atoms with Crippen LogP contribution in [0.25, 0.3) is 21.5 Å². The highest BCUT2D eigenvalue weighted by molar-refractivity contribution is 5.90. The van der Waals surface area contributed by atoms with E-state index in [0.717, 1.165) is 48.9 Å². The van der Waals surface area contributed by atoms with Crippen LogP contribution < -0.4 is 18.9 Å². The molecule has 50 heavy (non-hydrogen) atoms. The Morgan fingerprint density at radius 2 is 0.920 bits per heavy atom. The quantitative estimate of drug-likeness (QED) is 0.187. The fourth-order valence-electron chi connectivity index (χ4n) is 8.59. The van der Waals surface area contributed by atoms with Crippen molar-refractivity contribution < 1.29 is 18.9 Å². The monoisotopic (exact) mass is 662 g/mol. The van der Waals surface area contributed by atoms with Gasteiger partial charge in [-0.05, 0) is 94.8 Å². The topological polar surface area (TPSA) is 43.4 Å². The third kappa shape index (κ3) is 5.34. The van der Waals surface area contributed by atoms with E-state index in [9.17, 15) is 0 Å². The van der Waals surface area contributed by atoms with E-state index in [0.29, 0.717) is 0 Å². The highest BCUT2D eigenvalue weighted by atomic mass is 16.5. The lowest BCUT2D eigenvalue weighted by atomic mass is 9.90. The van der Waals surface area contributed by atoms with Crippen LogP contribution in [0.1, 0.15) is 60.0 Å². The van der Waals surface area contributed by atoms with Gasteiger partial charge in [0.05, 0.1) is 26.3 Å². The van der Waals surface area contributed by atoms with Gasteiger partial charge in [0.2, 0.25) is 0 Å². The van der Waals surface area contributed by atoms with E-state index in [1.54, 1.807) is 14.2 Å². The normalized spacial score (nSPS) is 22.3. The standard InChI is InChI=1S/2C22H21NO2/c2*1-24-17-11-8-16(9-12-17)22-21-18-6-3-2-5-15(18)10-13-19(21)25-20-7-4-14-23(20)22/h2*2-3,5-6,8-13,20,22H,4,7,14H2,1H3/t2*20-,22+/m10/s1. The van der Waals surface area contributed by atoms with Crippen LogP contribution in [-0.2, 0) is 0 Å². The fraction of sp³-hybridized carbons (Fsp3) is 0.273. The van der Waals surface area contributed by atoms with Gasteiger partial charge in [-0.1, -0.05) is 84.9 Å². The van der Waals surface area contributed by atoms with Crippen LogP contribution in [0.3, 0.4) is 0 Å². The zero-order valence-electron chi connectivity index (χ0n) is 28.6. The Morgan fingerprint density at radius 3 is 1.34 bits per heavy atom. The van der Waals surface area contributed by atoms with Crippen LogP contribution in [-0.4, -0.2) is 49.6 Å². The summed E-state index contributed by atoms with van der Waals surface area (Å²) in [5.41, 5.74) is 5.19. The fourth-order valence-corrected chi connectivity index (χ4v) is 8.59. The number of ether oxygens (including phenoxy) is 4. The van der Waals surface area contributed by atoms with Crippen LogP contribution in [0.4, 0.5) is 0 Å². The first kappa shape index (κ1) is 31.0. The molecule has 4 atom stereocenters. The number of rotatable bonds is 4. The summed E-state index contributed by atoms with van der Waals surface area (Å²) in [5.74, 6) is 3.85. The average molecular weight is 663 g/mol. The van der Waals surface area contributed by atoms with Gasteiger partial charge in [0.15, 0.2) is 12.5 Å². The van der Waals surface area contributed by atoms with E-state index < -0.39 is 0 Å². The van der Waals surface area contributed by atoms with Gasteiger partial charge in [-0.2, -0.15) is 0 Å². The Morgan fingerprint density at radius 1 is 0.500 bits per heavy atom. The van der Waals surface area contributed by atoms with Crippen molar-refractivity contribution in [1.82, 2.24) is 9.80 Å². The summed E-state index contributed by atoms with van der Waals surface area (Å²) in [7, 11) is 3.42. The van der Waals surface area contributed by atoms with Crippen molar-refractivity contribution in [3.05, 3.63) is 144 Å². The van der Waals surface area contributed by atoms with Crippen molar-refractivity contribution in [1.29, 1.82) is 0 Å². The molecule has 0 bridgehead atoms. The highest BCUT2D eigenvalue weighted by Gasteiger charge is 2.41. The number of nitrogens with zero attached hydrogens (tertiary/aromatic N) is 2. The molecule has 6 aromatic rings. The van der Waals surface area contributed by atoms with Gasteiger partial charge >= 0.3 is 0 Å². The zero-order valence-corrected chi connectivity index (χ0v) is 28.6. The molecule has 4 aliphatic rings. The summed E-state index contributed by atoms with van der Waals surface area (Å²) in [6, 6.07) is 43.3. The van der Waals surface area contributed by atoms with E-state index in [4.69, 9.17) is 18.9 Å². The summed E-state index contributed by atoms with van der Waals surface area (Å²) in [6.45, 7) is 2.15. The van der Waals surface area contributed by atoms with Gasteiger partial charge in [-0.3, -0.25) is 9.80 Å². The Hall–Kier alpha value is -5.04. The Balaban J connectivity index is 0.000000135. The third-order valence-electron chi connectivity index (χ3n) is 10.9. The van der Waals surface area contributed by atoms with Gasteiger partial charge in [0, 0.05) is 24.2 Å². The predicted molar refractivity (Wildman–Crippen MR) is 198 cm³/mol. The van der Waals surface area contributed by atoms with E-state index in [-0.39, 0.29) is 24.5 Å². The molecule has 10 rings (SSSR count). The molecule has 6 heteroatoms. The van der Waals surface area contributed by atoms with Crippen LogP contribution in [0.2, 0.25) is 0 Å². The summed E-state index contributed by atoms with van der Waals surface area (Å²) < 4.78 is 23.4. The SMILES string of the molecule is COc1ccc([C@@H]2c3c(ccc4ccccc34)O[C@H]3CCCN23)cc1.COc1ccc([C@H]2c3c(ccc4ccccc34)O[C@@H]3CCCN23)cc1. The molecule has 0 N–H and O–H groups in total. The van der Waals surface area contributed by atoms with Crippen LogP contribution in [0.5, 0.6) is 23.0 Å². The summed E-state index contributed by atoms with van der Waals surface area (Å²) in [6.07, 6.45) is 4.92. The number of methoxy groups -OCH3 is 2. The number of hydrogen-bond acceptors (Lipinski definition) is 6. The molecule has 0 radical (unpaired) electrons. The second-order valence-electron chi connectivity index (χ2n) is 13.7. The molecule has 0 aliphatic carbocycles. The number of hydrogen-bond donors (Lipinski definition) is 0. The molecule has 0 unspecified atom stereocenters. The number of benzene rings is 6. The lowest BCUT2D eigenvalue weighted by molar-refractivity contribution is 0.0175. The highest BCUT2D eigenvalue weighted by Crippen LogP contribution is 2.48. The molecule has 2 saturated heterocycles. The smallest absolute Gasteiger partial charge is 0.153 e. The maximum atomic E-state index is 6.36. The minimum absolute atomic E-state index is 0.181. The molecule has 0 amide bonds. The molecule has 4 heterocycles. The summed E-state index contributed by atoms with van der Waals surface area (Å²) in [4.78, 5) is 5.02. The van der Waals surface area contributed by atoms with Crippen molar-refractivity contribution in [3.8, 4) is 23.0 Å². The van der Waals surface area contributed by atoms with Crippen LogP contribution >= 0.6 is 0 Å². The molecule has 252 valence electrons. The van der Waals surface area contributed by atoms with Crippen molar-refractivity contribution in [3.63, 3.8) is 0 Å². The second kappa shape index (κ2) is 13.0. The lowest BCUT2D eigenvalue weighted by Crippen LogP contribution is -2.41. The number of fused-ring (bicyclic) bond motifs is 8. The summed E-state index contributed by atoms with van der Waals surface area (Å²) in [5, 5.41) is 5.10. The molecule has 4 aliphatic heterocycles. The average Bonchev–Trinajstić information content (AvgIpc) is 3.86. The first-order valence-electron chi connectivity index (χ1n) is 17.9. The first-order chi connectivity index (χ1) is 24.7. The molecule has 6 nitrogen and oxygen atoms in total. The summed E-state index contributed by atoms with van der Waals surface area (Å²) >= 11 is 0. The van der Waals surface area contributed by atoms with E-state index in [1.807, 2.05) is 0 Å². The molecule has 6 aromatic carbocycles. The molecule has 0 saturated carbocycles. The van der Waals surface area contributed by atoms with Crippen molar-refractivity contribution in [2.24, 2.45) is 0 Å². The minimum Gasteiger partial charge on any atom is -0.497 e. The second-order valence-corrected chi connectivity index (χ2v) is 13.7. The van der Waals surface area contributed by atoms with E-state index >= 15 is 0 Å². The molecular weight excluding hydrogens is 620 g/mol. The largest absolute Gasteiger partial charge is 0.497 e. The maximum Gasteiger partial charge on any atom is 0.153 e. The van der Waals surface area contributed by atoms with Gasteiger partial charge < -0.3 is 18.9 Å². The van der Waals surface area contributed by atoms with Crippen LogP contribution in [0.15, 0.2) is 121 Å². The Bertz CT molecular complexity index is 1990. The predicted octanol–water partition coefficient (Wildman–Crippen LogP) is 9.50. The minimum atomic E-state index is 0.181. The van der Waals surface area contributed by atoms with Gasteiger partial charge in [-0.15, -0.1) is 0 Å². The maximum absolute atomic E-state index is 6.36. The van der Waals surface area contributed by atoms with Crippen molar-refractivity contribution >= 4 is 21.5 Å². The first-order valence-corrected chi connectivity index (χ1v) is 17.9. The van der Waals surface area contributed by atoms with Gasteiger partial charge in [0.25, 0.3) is 0 Å². The van der Waals surface area contributed by atoms with Crippen molar-refractivity contribution in [2.45, 2.75) is 50.2 Å². The molecule has 2 fully saturated rings. The van der Waals surface area contributed by atoms with Crippen LogP contribution in [0, 0.1) is 0 Å². The molecule has 0 aromatic heterocycles. The van der Waals surface area contributed by atoms with E-state index in [2.05, 4.69) is 131 Å². The molecular formula is C44H42N2O4. The van der Waals surface area contributed by atoms with Gasteiger partial charge in [0.1, 0.15) is 23.0 Å². The zero-order chi connectivity index (χ0) is 33.6. The third-order valence-corrected chi connectivity index (χ3v) is 10.9. The Labute approximate surface area is 293 Å². The van der Waals surface area contributed by atoms with Crippen molar-refractivity contribution in [2.75, 3.05) is 27.3 Å². The molecule has 0 spiro atoms.